The molecule has 2 atom stereocenters. The van der Waals surface area contributed by atoms with Crippen LogP contribution < -0.4 is 11.1 Å². The molecule has 0 fully saturated rings. The molecule has 3 heteroatoms. The zero-order valence-corrected chi connectivity index (χ0v) is 38.7. The predicted molar refractivity (Wildman–Crippen MR) is 282 cm³/mol. The van der Waals surface area contributed by atoms with Gasteiger partial charge in [0.2, 0.25) is 0 Å². The summed E-state index contributed by atoms with van der Waals surface area (Å²) in [5.74, 6) is 0.475. The fraction of sp³-hybridized carbons (Fsp3) is 0.145. The lowest BCUT2D eigenvalue weighted by molar-refractivity contribution is 0.768. The molecule has 0 aromatic heterocycles. The number of dihydropyridines is 1. The van der Waals surface area contributed by atoms with Crippen LogP contribution in [-0.4, -0.2) is 5.71 Å². The van der Waals surface area contributed by atoms with Crippen LogP contribution in [0.5, 0.6) is 0 Å². The van der Waals surface area contributed by atoms with Crippen molar-refractivity contribution >= 4 is 33.8 Å². The molecule has 0 bridgehead atoms. The summed E-state index contributed by atoms with van der Waals surface area (Å²) in [5, 5.41) is 14.0. The second kappa shape index (κ2) is 21.3. The summed E-state index contributed by atoms with van der Waals surface area (Å²) >= 11 is 0. The van der Waals surface area contributed by atoms with Crippen LogP contribution in [0.2, 0.25) is 0 Å². The maximum atomic E-state index is 7.58. The Hall–Kier alpha value is -7.49. The Morgan fingerprint density at radius 1 is 0.646 bits per heavy atom. The Kier molecular flexibility index (Phi) is 14.9. The van der Waals surface area contributed by atoms with Gasteiger partial charge in [-0.3, -0.25) is 0 Å². The van der Waals surface area contributed by atoms with Crippen molar-refractivity contribution < 1.29 is 0 Å². The van der Waals surface area contributed by atoms with Gasteiger partial charge in [0, 0.05) is 11.4 Å². The van der Waals surface area contributed by atoms with E-state index in [4.69, 9.17) is 11.1 Å². The molecule has 4 N–H and O–H groups in total. The van der Waals surface area contributed by atoms with Crippen LogP contribution in [0.3, 0.4) is 0 Å². The van der Waals surface area contributed by atoms with E-state index >= 15 is 0 Å². The van der Waals surface area contributed by atoms with E-state index in [2.05, 4.69) is 197 Å². The molecular formula is C62H61N3. The normalized spacial score (nSPS) is 15.5. The van der Waals surface area contributed by atoms with E-state index in [1.54, 1.807) is 0 Å². The fourth-order valence-corrected chi connectivity index (χ4v) is 8.29. The first-order valence-electron chi connectivity index (χ1n) is 22.8. The quantitative estimate of drug-likeness (QED) is 0.140. The summed E-state index contributed by atoms with van der Waals surface area (Å²) in [6.07, 6.45) is 14.3. The largest absolute Gasteiger partial charge is 0.399 e. The Bertz CT molecular complexity index is 2960. The van der Waals surface area contributed by atoms with Gasteiger partial charge in [-0.2, -0.15) is 0 Å². The lowest BCUT2D eigenvalue weighted by Gasteiger charge is -2.26. The first kappa shape index (κ1) is 45.5. The summed E-state index contributed by atoms with van der Waals surface area (Å²) in [6, 6.07) is 58.5. The Labute approximate surface area is 387 Å². The number of nitrogens with one attached hydrogen (secondary N) is 2. The fourth-order valence-electron chi connectivity index (χ4n) is 8.29. The van der Waals surface area contributed by atoms with Crippen LogP contribution in [0.25, 0.3) is 50.4 Å². The lowest BCUT2D eigenvalue weighted by Crippen LogP contribution is -2.21. The summed E-state index contributed by atoms with van der Waals surface area (Å²) in [7, 11) is 0. The number of fused-ring (bicyclic) bond motifs is 2. The highest BCUT2D eigenvalue weighted by molar-refractivity contribution is 6.09. The molecule has 0 saturated heterocycles. The van der Waals surface area contributed by atoms with Gasteiger partial charge in [0.1, 0.15) is 0 Å². The first-order valence-corrected chi connectivity index (χ1v) is 22.8. The minimum Gasteiger partial charge on any atom is -0.399 e. The van der Waals surface area contributed by atoms with Crippen molar-refractivity contribution in [1.82, 2.24) is 5.32 Å². The molecule has 0 amide bonds. The van der Waals surface area contributed by atoms with Crippen LogP contribution in [0, 0.1) is 12.3 Å². The monoisotopic (exact) mass is 847 g/mol. The molecule has 3 nitrogen and oxygen atoms in total. The third kappa shape index (κ3) is 11.2. The van der Waals surface area contributed by atoms with Gasteiger partial charge in [-0.1, -0.05) is 191 Å². The Balaban J connectivity index is 0.000000261. The molecule has 10 rings (SSSR count). The molecule has 7 aromatic rings. The average Bonchev–Trinajstić information content (AvgIpc) is 3.93. The SMILES string of the molecule is C=C(C)C(=N)c1ccccc1.CC.CC1=C(N)C=CC1.Cc1cc(-c2ccccc2)cc(-c2ccc(C3=CC(c4ccc5c(c4)C=CC5C)=CC(c4ccc5ccccc5c4)N3)cc2)c1. The highest BCUT2D eigenvalue weighted by Crippen LogP contribution is 2.37. The highest BCUT2D eigenvalue weighted by atomic mass is 14.9. The van der Waals surface area contributed by atoms with Crippen molar-refractivity contribution in [3.63, 3.8) is 0 Å². The number of hydrogen-bond donors (Lipinski definition) is 3. The topological polar surface area (TPSA) is 61.9 Å². The van der Waals surface area contributed by atoms with Gasteiger partial charge < -0.3 is 16.5 Å². The van der Waals surface area contributed by atoms with E-state index in [9.17, 15) is 0 Å². The molecule has 324 valence electrons. The van der Waals surface area contributed by atoms with Gasteiger partial charge in [0.25, 0.3) is 0 Å². The van der Waals surface area contributed by atoms with Crippen molar-refractivity contribution in [3.05, 3.63) is 257 Å². The molecular weight excluding hydrogens is 787 g/mol. The van der Waals surface area contributed by atoms with Crippen LogP contribution in [0.4, 0.5) is 0 Å². The molecule has 1 aliphatic heterocycles. The van der Waals surface area contributed by atoms with E-state index < -0.39 is 0 Å². The van der Waals surface area contributed by atoms with Crippen LogP contribution in [0.15, 0.2) is 218 Å². The van der Waals surface area contributed by atoms with Gasteiger partial charge in [0.15, 0.2) is 0 Å². The minimum atomic E-state index is 0.0530. The average molecular weight is 848 g/mol. The summed E-state index contributed by atoms with van der Waals surface area (Å²) in [5.41, 5.74) is 25.0. The molecule has 7 aromatic carbocycles. The van der Waals surface area contributed by atoms with Crippen molar-refractivity contribution in [3.8, 4) is 22.3 Å². The summed E-state index contributed by atoms with van der Waals surface area (Å²) in [4.78, 5) is 0. The van der Waals surface area contributed by atoms with Crippen molar-refractivity contribution in [2.75, 3.05) is 0 Å². The van der Waals surface area contributed by atoms with Crippen molar-refractivity contribution in [2.45, 2.75) is 59.9 Å². The van der Waals surface area contributed by atoms with Gasteiger partial charge in [0.05, 0.1) is 11.8 Å². The van der Waals surface area contributed by atoms with Gasteiger partial charge >= 0.3 is 0 Å². The van der Waals surface area contributed by atoms with E-state index in [1.165, 1.54) is 77.6 Å². The van der Waals surface area contributed by atoms with Crippen LogP contribution >= 0.6 is 0 Å². The maximum absolute atomic E-state index is 7.58. The van der Waals surface area contributed by atoms with Crippen LogP contribution in [-0.2, 0) is 0 Å². The van der Waals surface area contributed by atoms with Crippen molar-refractivity contribution in [2.24, 2.45) is 5.73 Å². The number of allylic oxidation sites excluding steroid dienone is 7. The molecule has 0 saturated carbocycles. The zero-order chi connectivity index (χ0) is 45.9. The summed E-state index contributed by atoms with van der Waals surface area (Å²) in [6.45, 7) is 16.0. The van der Waals surface area contributed by atoms with Gasteiger partial charge in [-0.05, 0) is 158 Å². The second-order valence-electron chi connectivity index (χ2n) is 16.8. The number of rotatable bonds is 7. The minimum absolute atomic E-state index is 0.0530. The molecule has 2 unspecified atom stereocenters. The molecule has 1 heterocycles. The standard InChI is InChI=1S/C44H35N.C10H11N.C6H9N.C2H6/c1-29-22-39(31-8-4-3-5-9-31)26-40(23-29)33-14-17-34(18-15-33)43-27-41(36-20-21-42-30(2)12-13-37(42)24-36)28-44(45-43)38-19-16-32-10-6-7-11-35(32)25-38;1-8(2)10(11)9-6-4-3-5-7-9;1-5-3-2-4-6(5)7;1-2/h3-28,30,44-45H,1-2H3;3-7,11H,1H2,2H3;2,4H,3,7H2,1H3;1-2H3. The first-order chi connectivity index (χ1) is 31.6. The third-order valence-corrected chi connectivity index (χ3v) is 12.0. The number of hydrogen-bond acceptors (Lipinski definition) is 3. The maximum Gasteiger partial charge on any atom is 0.0707 e. The lowest BCUT2D eigenvalue weighted by atomic mass is 9.90. The molecule has 3 aliphatic rings. The third-order valence-electron chi connectivity index (χ3n) is 12.0. The molecule has 65 heavy (non-hydrogen) atoms. The highest BCUT2D eigenvalue weighted by Gasteiger charge is 2.21. The van der Waals surface area contributed by atoms with E-state index in [-0.39, 0.29) is 6.04 Å². The molecule has 2 aliphatic carbocycles. The van der Waals surface area contributed by atoms with Gasteiger partial charge in [-0.25, -0.2) is 0 Å². The summed E-state index contributed by atoms with van der Waals surface area (Å²) < 4.78 is 0. The zero-order valence-electron chi connectivity index (χ0n) is 38.7. The van der Waals surface area contributed by atoms with E-state index in [1.807, 2.05) is 57.2 Å². The van der Waals surface area contributed by atoms with Gasteiger partial charge in [-0.15, -0.1) is 0 Å². The smallest absolute Gasteiger partial charge is 0.0707 e. The molecule has 0 radical (unpaired) electrons. The number of aryl methyl sites for hydroxylation is 1. The number of benzene rings is 7. The predicted octanol–water partition coefficient (Wildman–Crippen LogP) is 16.2. The van der Waals surface area contributed by atoms with E-state index in [0.717, 1.165) is 29.0 Å². The van der Waals surface area contributed by atoms with E-state index in [0.29, 0.717) is 11.6 Å². The van der Waals surface area contributed by atoms with Crippen molar-refractivity contribution in [1.29, 1.82) is 5.41 Å². The second-order valence-corrected chi connectivity index (χ2v) is 16.8. The Morgan fingerprint density at radius 3 is 1.89 bits per heavy atom. The Morgan fingerprint density at radius 2 is 1.26 bits per heavy atom. The number of nitrogens with two attached hydrogens (primary N) is 1. The van der Waals surface area contributed by atoms with Crippen LogP contribution in [0.1, 0.15) is 91.9 Å². The molecule has 0 spiro atoms.